The Labute approximate surface area is 154 Å². The van der Waals surface area contributed by atoms with Crippen molar-refractivity contribution in [2.45, 2.75) is 17.3 Å². The second-order valence-electron chi connectivity index (χ2n) is 6.09. The number of aliphatic hydroxyl groups excluding tert-OH is 1. The van der Waals surface area contributed by atoms with Gasteiger partial charge in [0.05, 0.1) is 0 Å². The largest absolute Gasteiger partial charge is 0.491 e. The molecule has 0 bridgehead atoms. The normalized spacial score (nSPS) is 20.5. The van der Waals surface area contributed by atoms with Crippen molar-refractivity contribution in [2.24, 2.45) is 0 Å². The molecule has 1 aliphatic heterocycles. The van der Waals surface area contributed by atoms with Crippen LogP contribution in [0, 0.1) is 5.82 Å². The summed E-state index contributed by atoms with van der Waals surface area (Å²) in [5, 5.41) is 12.5. The van der Waals surface area contributed by atoms with Gasteiger partial charge in [-0.2, -0.15) is 0 Å². The van der Waals surface area contributed by atoms with Gasteiger partial charge < -0.3 is 20.0 Å². The van der Waals surface area contributed by atoms with Crippen LogP contribution in [0.2, 0.25) is 0 Å². The van der Waals surface area contributed by atoms with Gasteiger partial charge in [-0.25, -0.2) is 4.39 Å². The summed E-state index contributed by atoms with van der Waals surface area (Å²) < 4.78 is 18.4. The van der Waals surface area contributed by atoms with Crippen LogP contribution in [-0.4, -0.2) is 34.5 Å². The molecular weight excluding hydrogens is 357 g/mol. The average Bonchev–Trinajstić information content (AvgIpc) is 3.02. The molecule has 0 radical (unpaired) electrons. The maximum atomic E-state index is 13.6. The molecular formula is C19H18FNO4S. The van der Waals surface area contributed by atoms with Gasteiger partial charge in [0.15, 0.2) is 0 Å². The molecule has 1 amide bonds. The lowest BCUT2D eigenvalue weighted by Gasteiger charge is -2.18. The number of carbonyl (C=O) groups excluding carboxylic acids is 2. The molecule has 2 N–H and O–H groups in total. The number of halogens is 1. The summed E-state index contributed by atoms with van der Waals surface area (Å²) in [6.07, 6.45) is 0.171. The summed E-state index contributed by atoms with van der Waals surface area (Å²) in [7, 11) is 0. The number of thioether (sulfide) groups is 1. The SMILES string of the molecule is O=CC1(Cc2ccc(OC[C@H](O)c3ccccc3F)cc2)CNC(=O)S1. The van der Waals surface area contributed by atoms with E-state index in [0.29, 0.717) is 18.7 Å². The van der Waals surface area contributed by atoms with Gasteiger partial charge >= 0.3 is 0 Å². The van der Waals surface area contributed by atoms with E-state index < -0.39 is 16.7 Å². The minimum Gasteiger partial charge on any atom is -0.491 e. The smallest absolute Gasteiger partial charge is 0.280 e. The van der Waals surface area contributed by atoms with Crippen molar-refractivity contribution >= 4 is 23.3 Å². The number of nitrogens with one attached hydrogen (secondary N) is 1. The number of hydrogen-bond donors (Lipinski definition) is 2. The Balaban J connectivity index is 1.59. The summed E-state index contributed by atoms with van der Waals surface area (Å²) in [5.74, 6) is 0.0490. The van der Waals surface area contributed by atoms with E-state index in [0.717, 1.165) is 23.6 Å². The maximum Gasteiger partial charge on any atom is 0.280 e. The molecule has 136 valence electrons. The Hall–Kier alpha value is -2.38. The fourth-order valence-electron chi connectivity index (χ4n) is 2.74. The van der Waals surface area contributed by atoms with Crippen LogP contribution in [-0.2, 0) is 11.2 Å². The van der Waals surface area contributed by atoms with E-state index in [2.05, 4.69) is 5.32 Å². The molecule has 0 aliphatic carbocycles. The van der Waals surface area contributed by atoms with E-state index in [4.69, 9.17) is 4.74 Å². The Bertz CT molecular complexity index is 798. The van der Waals surface area contributed by atoms with Crippen molar-refractivity contribution in [3.63, 3.8) is 0 Å². The summed E-state index contributed by atoms with van der Waals surface area (Å²) in [5.41, 5.74) is 1.08. The van der Waals surface area contributed by atoms with E-state index in [1.165, 1.54) is 12.1 Å². The zero-order chi connectivity index (χ0) is 18.6. The quantitative estimate of drug-likeness (QED) is 0.728. The lowest BCUT2D eigenvalue weighted by molar-refractivity contribution is -0.109. The van der Waals surface area contributed by atoms with Crippen LogP contribution in [0.25, 0.3) is 0 Å². The molecule has 1 heterocycles. The summed E-state index contributed by atoms with van der Waals surface area (Å²) in [6.45, 7) is 0.236. The molecule has 1 aliphatic rings. The highest BCUT2D eigenvalue weighted by molar-refractivity contribution is 8.15. The molecule has 0 spiro atoms. The van der Waals surface area contributed by atoms with Crippen LogP contribution in [0.15, 0.2) is 48.5 Å². The fraction of sp³-hybridized carbons (Fsp3) is 0.263. The van der Waals surface area contributed by atoms with E-state index >= 15 is 0 Å². The Morgan fingerprint density at radius 3 is 2.62 bits per heavy atom. The molecule has 2 atom stereocenters. The topological polar surface area (TPSA) is 75.6 Å². The van der Waals surface area contributed by atoms with Crippen LogP contribution in [0.3, 0.4) is 0 Å². The molecule has 0 saturated carbocycles. The molecule has 2 aromatic rings. The maximum absolute atomic E-state index is 13.6. The van der Waals surface area contributed by atoms with Gasteiger partial charge in [0.1, 0.15) is 35.3 Å². The number of aliphatic hydroxyl groups is 1. The minimum absolute atomic E-state index is 0.0766. The predicted molar refractivity (Wildman–Crippen MR) is 96.8 cm³/mol. The van der Waals surface area contributed by atoms with Gasteiger partial charge in [-0.3, -0.25) is 4.79 Å². The van der Waals surface area contributed by atoms with Crippen molar-refractivity contribution in [1.82, 2.24) is 5.32 Å². The predicted octanol–water partition coefficient (Wildman–Crippen LogP) is 2.87. The number of amides is 1. The molecule has 2 aromatic carbocycles. The van der Waals surface area contributed by atoms with E-state index in [9.17, 15) is 19.1 Å². The third kappa shape index (κ3) is 4.23. The third-order valence-electron chi connectivity index (χ3n) is 4.14. The molecule has 5 nitrogen and oxygen atoms in total. The first-order chi connectivity index (χ1) is 12.5. The van der Waals surface area contributed by atoms with Crippen molar-refractivity contribution in [2.75, 3.05) is 13.2 Å². The van der Waals surface area contributed by atoms with Crippen LogP contribution in [0.5, 0.6) is 5.75 Å². The van der Waals surface area contributed by atoms with Gasteiger partial charge in [-0.15, -0.1) is 0 Å². The van der Waals surface area contributed by atoms with Crippen molar-refractivity contribution in [1.29, 1.82) is 0 Å². The summed E-state index contributed by atoms with van der Waals surface area (Å²) in [4.78, 5) is 22.8. The molecule has 26 heavy (non-hydrogen) atoms. The highest BCUT2D eigenvalue weighted by Gasteiger charge is 2.39. The second-order valence-corrected chi connectivity index (χ2v) is 7.48. The lowest BCUT2D eigenvalue weighted by Crippen LogP contribution is -2.33. The van der Waals surface area contributed by atoms with Gasteiger partial charge in [0.25, 0.3) is 5.24 Å². The average molecular weight is 375 g/mol. The molecule has 3 rings (SSSR count). The first kappa shape index (κ1) is 18.4. The first-order valence-corrected chi connectivity index (χ1v) is 8.90. The first-order valence-electron chi connectivity index (χ1n) is 8.09. The molecule has 1 fully saturated rings. The highest BCUT2D eigenvalue weighted by Crippen LogP contribution is 2.32. The van der Waals surface area contributed by atoms with Crippen LogP contribution in [0.4, 0.5) is 9.18 Å². The minimum atomic E-state index is -1.07. The number of aldehydes is 1. The second kappa shape index (κ2) is 7.88. The number of ether oxygens (including phenoxy) is 1. The standard InChI is InChI=1S/C19H18FNO4S/c20-16-4-2-1-3-15(16)17(23)10-25-14-7-5-13(6-8-14)9-19(12-22)11-21-18(24)26-19/h1-8,12,17,23H,9-11H2,(H,21,24)/t17-,19?/m0/s1. The zero-order valence-corrected chi connectivity index (χ0v) is 14.7. The Morgan fingerprint density at radius 2 is 2.00 bits per heavy atom. The van der Waals surface area contributed by atoms with Gasteiger partial charge in [0, 0.05) is 12.1 Å². The molecule has 7 heteroatoms. The van der Waals surface area contributed by atoms with Gasteiger partial charge in [-0.1, -0.05) is 30.3 Å². The Kier molecular flexibility index (Phi) is 5.58. The molecule has 0 aromatic heterocycles. The van der Waals surface area contributed by atoms with Gasteiger partial charge in [0.2, 0.25) is 0 Å². The molecule has 1 saturated heterocycles. The van der Waals surface area contributed by atoms with Crippen LogP contribution >= 0.6 is 11.8 Å². The van der Waals surface area contributed by atoms with Crippen LogP contribution < -0.4 is 10.1 Å². The third-order valence-corrected chi connectivity index (χ3v) is 5.26. The van der Waals surface area contributed by atoms with Crippen molar-refractivity contribution < 1.29 is 23.8 Å². The lowest BCUT2D eigenvalue weighted by atomic mass is 9.99. The van der Waals surface area contributed by atoms with Crippen LogP contribution in [0.1, 0.15) is 17.2 Å². The van der Waals surface area contributed by atoms with E-state index in [1.807, 2.05) is 0 Å². The van der Waals surface area contributed by atoms with E-state index in [1.54, 1.807) is 36.4 Å². The summed E-state index contributed by atoms with van der Waals surface area (Å²) >= 11 is 1.01. The monoisotopic (exact) mass is 375 g/mol. The van der Waals surface area contributed by atoms with Gasteiger partial charge in [-0.05, 0) is 41.9 Å². The number of benzene rings is 2. The fourth-order valence-corrected chi connectivity index (χ4v) is 3.69. The number of hydrogen-bond acceptors (Lipinski definition) is 5. The van der Waals surface area contributed by atoms with Crippen molar-refractivity contribution in [3.05, 3.63) is 65.5 Å². The highest BCUT2D eigenvalue weighted by atomic mass is 32.2. The van der Waals surface area contributed by atoms with E-state index in [-0.39, 0.29) is 17.4 Å². The van der Waals surface area contributed by atoms with Crippen molar-refractivity contribution in [3.8, 4) is 5.75 Å². The molecule has 1 unspecified atom stereocenters. The zero-order valence-electron chi connectivity index (χ0n) is 13.9. The number of carbonyl (C=O) groups is 2. The Morgan fingerprint density at radius 1 is 1.27 bits per heavy atom. The number of rotatable bonds is 7. The summed E-state index contributed by atoms with van der Waals surface area (Å²) in [6, 6.07) is 13.1.